The van der Waals surface area contributed by atoms with Gasteiger partial charge in [0.1, 0.15) is 10.7 Å². The number of fused-ring (bicyclic) bond motifs is 1. The number of aliphatic hydroxyl groups is 1. The van der Waals surface area contributed by atoms with Crippen molar-refractivity contribution in [1.29, 1.82) is 0 Å². The van der Waals surface area contributed by atoms with Crippen LogP contribution < -0.4 is 5.56 Å². The first-order valence-corrected chi connectivity index (χ1v) is 9.09. The van der Waals surface area contributed by atoms with Crippen molar-refractivity contribution in [3.63, 3.8) is 0 Å². The third-order valence-corrected chi connectivity index (χ3v) is 5.82. The average Bonchev–Trinajstić information content (AvgIpc) is 3.32. The number of thiophene rings is 1. The zero-order chi connectivity index (χ0) is 17.4. The van der Waals surface area contributed by atoms with Gasteiger partial charge >= 0.3 is 0 Å². The van der Waals surface area contributed by atoms with E-state index in [4.69, 9.17) is 0 Å². The van der Waals surface area contributed by atoms with E-state index in [9.17, 15) is 14.7 Å². The first kappa shape index (κ1) is 17.1. The van der Waals surface area contributed by atoms with Gasteiger partial charge in [0.05, 0.1) is 11.5 Å². The molecule has 2 N–H and O–H groups in total. The van der Waals surface area contributed by atoms with Crippen LogP contribution >= 0.6 is 11.3 Å². The number of aryl methyl sites for hydroxylation is 3. The molecule has 0 bridgehead atoms. The molecular weight excluding hydrogens is 326 g/mol. The molecule has 2 aromatic rings. The molecule has 0 spiro atoms. The van der Waals surface area contributed by atoms with Gasteiger partial charge < -0.3 is 15.0 Å². The quantitative estimate of drug-likeness (QED) is 0.832. The van der Waals surface area contributed by atoms with Gasteiger partial charge in [-0.05, 0) is 38.2 Å². The molecule has 1 atom stereocenters. The van der Waals surface area contributed by atoms with Gasteiger partial charge in [0.15, 0.2) is 0 Å². The number of amides is 1. The predicted molar refractivity (Wildman–Crippen MR) is 94.4 cm³/mol. The SMILES string of the molecule is Cc1sc2nc(CCC(=O)N(C)CC(O)C3CC3)[nH]c(=O)c2c1C. The summed E-state index contributed by atoms with van der Waals surface area (Å²) in [5, 5.41) is 10.6. The molecule has 1 saturated carbocycles. The molecular formula is C17H23N3O3S. The zero-order valence-corrected chi connectivity index (χ0v) is 15.1. The number of rotatable bonds is 6. The summed E-state index contributed by atoms with van der Waals surface area (Å²) in [5.74, 6) is 0.847. The van der Waals surface area contributed by atoms with E-state index >= 15 is 0 Å². The summed E-state index contributed by atoms with van der Waals surface area (Å²) >= 11 is 1.51. The number of hydrogen-bond donors (Lipinski definition) is 2. The predicted octanol–water partition coefficient (Wildman–Crippen LogP) is 1.76. The van der Waals surface area contributed by atoms with Crippen molar-refractivity contribution in [2.45, 2.75) is 45.6 Å². The molecule has 1 aliphatic rings. The number of carbonyl (C=O) groups excluding carboxylic acids is 1. The van der Waals surface area contributed by atoms with Crippen molar-refractivity contribution < 1.29 is 9.90 Å². The lowest BCUT2D eigenvalue weighted by Gasteiger charge is -2.20. The number of aliphatic hydroxyl groups excluding tert-OH is 1. The third-order valence-electron chi connectivity index (χ3n) is 4.72. The molecule has 130 valence electrons. The van der Waals surface area contributed by atoms with E-state index < -0.39 is 6.10 Å². The highest BCUT2D eigenvalue weighted by molar-refractivity contribution is 7.18. The van der Waals surface area contributed by atoms with Crippen LogP contribution in [0.4, 0.5) is 0 Å². The Labute approximate surface area is 144 Å². The fourth-order valence-corrected chi connectivity index (χ4v) is 3.90. The number of carbonyl (C=O) groups is 1. The molecule has 1 fully saturated rings. The van der Waals surface area contributed by atoms with E-state index in [-0.39, 0.29) is 17.9 Å². The molecule has 2 heterocycles. The lowest BCUT2D eigenvalue weighted by atomic mass is 10.2. The number of hydrogen-bond acceptors (Lipinski definition) is 5. The highest BCUT2D eigenvalue weighted by atomic mass is 32.1. The van der Waals surface area contributed by atoms with E-state index in [0.29, 0.717) is 30.1 Å². The summed E-state index contributed by atoms with van der Waals surface area (Å²) in [5.41, 5.74) is 0.835. The monoisotopic (exact) mass is 349 g/mol. The van der Waals surface area contributed by atoms with Gasteiger partial charge in [0, 0.05) is 31.3 Å². The van der Waals surface area contributed by atoms with Gasteiger partial charge in [0.25, 0.3) is 5.56 Å². The molecule has 6 nitrogen and oxygen atoms in total. The fraction of sp³-hybridized carbons (Fsp3) is 0.588. The topological polar surface area (TPSA) is 86.3 Å². The van der Waals surface area contributed by atoms with Gasteiger partial charge in [-0.15, -0.1) is 11.3 Å². The van der Waals surface area contributed by atoms with Gasteiger partial charge in [-0.25, -0.2) is 4.98 Å². The molecule has 0 radical (unpaired) electrons. The second kappa shape index (κ2) is 6.64. The Morgan fingerprint density at radius 1 is 1.46 bits per heavy atom. The molecule has 0 aliphatic heterocycles. The summed E-state index contributed by atoms with van der Waals surface area (Å²) < 4.78 is 0. The molecule has 3 rings (SSSR count). The van der Waals surface area contributed by atoms with Crippen LogP contribution in [0.3, 0.4) is 0 Å². The Hall–Kier alpha value is -1.73. The fourth-order valence-electron chi connectivity index (χ4n) is 2.85. The van der Waals surface area contributed by atoms with Crippen LogP contribution in [0.25, 0.3) is 10.2 Å². The van der Waals surface area contributed by atoms with Crippen LogP contribution in [0.2, 0.25) is 0 Å². The second-order valence-corrected chi connectivity index (χ2v) is 7.86. The van der Waals surface area contributed by atoms with E-state index in [1.165, 1.54) is 11.3 Å². The van der Waals surface area contributed by atoms with E-state index in [2.05, 4.69) is 9.97 Å². The number of nitrogens with one attached hydrogen (secondary N) is 1. The Morgan fingerprint density at radius 2 is 2.17 bits per heavy atom. The number of H-pyrrole nitrogens is 1. The first-order valence-electron chi connectivity index (χ1n) is 8.27. The Morgan fingerprint density at radius 3 is 2.83 bits per heavy atom. The summed E-state index contributed by atoms with van der Waals surface area (Å²) in [6.07, 6.45) is 2.34. The molecule has 7 heteroatoms. The molecule has 2 aromatic heterocycles. The van der Waals surface area contributed by atoms with E-state index in [1.807, 2.05) is 13.8 Å². The van der Waals surface area contributed by atoms with Crippen LogP contribution in [-0.2, 0) is 11.2 Å². The summed E-state index contributed by atoms with van der Waals surface area (Å²) in [4.78, 5) is 35.1. The molecule has 0 saturated heterocycles. The number of likely N-dealkylation sites (N-methyl/N-ethyl adjacent to an activating group) is 1. The molecule has 0 aromatic carbocycles. The van der Waals surface area contributed by atoms with Crippen LogP contribution in [0.5, 0.6) is 0 Å². The number of nitrogens with zero attached hydrogens (tertiary/aromatic N) is 2. The second-order valence-electron chi connectivity index (χ2n) is 6.66. The van der Waals surface area contributed by atoms with Crippen LogP contribution in [-0.4, -0.2) is 45.6 Å². The molecule has 24 heavy (non-hydrogen) atoms. The number of aromatic amines is 1. The van der Waals surface area contributed by atoms with Crippen LogP contribution in [0, 0.1) is 19.8 Å². The molecule has 1 amide bonds. The van der Waals surface area contributed by atoms with Gasteiger partial charge in [0.2, 0.25) is 5.91 Å². The Kier molecular flexibility index (Phi) is 4.73. The summed E-state index contributed by atoms with van der Waals surface area (Å²) in [6.45, 7) is 4.27. The lowest BCUT2D eigenvalue weighted by Crippen LogP contribution is -2.35. The van der Waals surface area contributed by atoms with Gasteiger partial charge in [-0.1, -0.05) is 0 Å². The normalized spacial score (nSPS) is 15.7. The molecule has 1 unspecified atom stereocenters. The van der Waals surface area contributed by atoms with Crippen LogP contribution in [0.15, 0.2) is 4.79 Å². The maximum Gasteiger partial charge on any atom is 0.259 e. The van der Waals surface area contributed by atoms with Crippen molar-refractivity contribution >= 4 is 27.5 Å². The van der Waals surface area contributed by atoms with E-state index in [0.717, 1.165) is 28.1 Å². The maximum atomic E-state index is 12.2. The van der Waals surface area contributed by atoms with E-state index in [1.54, 1.807) is 11.9 Å². The Balaban J connectivity index is 1.64. The average molecular weight is 349 g/mol. The van der Waals surface area contributed by atoms with Crippen molar-refractivity contribution in [3.8, 4) is 0 Å². The zero-order valence-electron chi connectivity index (χ0n) is 14.3. The minimum absolute atomic E-state index is 0.0454. The van der Waals surface area contributed by atoms with Crippen LogP contribution in [0.1, 0.15) is 35.5 Å². The smallest absolute Gasteiger partial charge is 0.259 e. The Bertz CT molecular complexity index is 822. The minimum Gasteiger partial charge on any atom is -0.391 e. The van der Waals surface area contributed by atoms with Crippen molar-refractivity contribution in [3.05, 3.63) is 26.6 Å². The van der Waals surface area contributed by atoms with Crippen molar-refractivity contribution in [2.24, 2.45) is 5.92 Å². The third kappa shape index (κ3) is 3.52. The lowest BCUT2D eigenvalue weighted by molar-refractivity contribution is -0.131. The van der Waals surface area contributed by atoms with Crippen molar-refractivity contribution in [2.75, 3.05) is 13.6 Å². The van der Waals surface area contributed by atoms with Gasteiger partial charge in [-0.2, -0.15) is 0 Å². The first-order chi connectivity index (χ1) is 11.4. The minimum atomic E-state index is -0.426. The summed E-state index contributed by atoms with van der Waals surface area (Å²) in [6, 6.07) is 0. The maximum absolute atomic E-state index is 12.2. The highest BCUT2D eigenvalue weighted by Crippen LogP contribution is 2.32. The highest BCUT2D eigenvalue weighted by Gasteiger charge is 2.31. The standard InChI is InChI=1S/C17H23N3O3S/c1-9-10(2)24-17-15(9)16(23)18-13(19-17)6-7-14(22)20(3)8-12(21)11-4-5-11/h11-12,21H,4-8H2,1-3H3,(H,18,19,23). The number of aromatic nitrogens is 2. The van der Waals surface area contributed by atoms with Gasteiger partial charge in [-0.3, -0.25) is 9.59 Å². The molecule has 1 aliphatic carbocycles. The van der Waals surface area contributed by atoms with Crippen molar-refractivity contribution in [1.82, 2.24) is 14.9 Å². The summed E-state index contributed by atoms with van der Waals surface area (Å²) in [7, 11) is 1.71. The largest absolute Gasteiger partial charge is 0.391 e.